The van der Waals surface area contributed by atoms with Crippen molar-refractivity contribution < 1.29 is 10.0 Å². The van der Waals surface area contributed by atoms with Gasteiger partial charge in [-0.2, -0.15) is 5.06 Å². The van der Waals surface area contributed by atoms with Crippen molar-refractivity contribution in [2.45, 2.75) is 84.3 Å². The standard InChI is InChI=1S/C15H30N2O2/c1-7-11(8-2)13(18)16-12-9-14(3,4)17(19)15(5,6)10-12/h11-12,19H,7-10H2,1-6H3,(H,16,18). The molecular weight excluding hydrogens is 240 g/mol. The lowest BCUT2D eigenvalue weighted by molar-refractivity contribution is -0.246. The second-order valence-electron chi connectivity index (χ2n) is 7.06. The average molecular weight is 270 g/mol. The van der Waals surface area contributed by atoms with E-state index in [1.165, 1.54) is 5.06 Å². The zero-order chi connectivity index (χ0) is 14.8. The van der Waals surface area contributed by atoms with Crippen LogP contribution in [0.2, 0.25) is 0 Å². The Morgan fingerprint density at radius 3 is 2.00 bits per heavy atom. The van der Waals surface area contributed by atoms with Crippen LogP contribution in [0.3, 0.4) is 0 Å². The van der Waals surface area contributed by atoms with Crippen molar-refractivity contribution in [3.05, 3.63) is 0 Å². The first kappa shape index (κ1) is 16.4. The number of carbonyl (C=O) groups excluding carboxylic acids is 1. The van der Waals surface area contributed by atoms with Gasteiger partial charge in [0.15, 0.2) is 0 Å². The van der Waals surface area contributed by atoms with E-state index in [4.69, 9.17) is 0 Å². The smallest absolute Gasteiger partial charge is 0.223 e. The maximum atomic E-state index is 12.2. The highest BCUT2D eigenvalue weighted by Crippen LogP contribution is 2.36. The lowest BCUT2D eigenvalue weighted by atomic mass is 9.78. The molecule has 112 valence electrons. The molecule has 2 N–H and O–H groups in total. The summed E-state index contributed by atoms with van der Waals surface area (Å²) in [5.41, 5.74) is -0.624. The van der Waals surface area contributed by atoms with Gasteiger partial charge in [0.25, 0.3) is 0 Å². The SMILES string of the molecule is CCC(CC)C(=O)NC1CC(C)(C)N(O)C(C)(C)C1. The summed E-state index contributed by atoms with van der Waals surface area (Å²) in [6.45, 7) is 12.2. The Kier molecular flexibility index (Phi) is 5.02. The molecule has 1 fully saturated rings. The molecule has 19 heavy (non-hydrogen) atoms. The van der Waals surface area contributed by atoms with Crippen LogP contribution < -0.4 is 5.32 Å². The van der Waals surface area contributed by atoms with Crippen molar-refractivity contribution in [3.63, 3.8) is 0 Å². The molecule has 0 saturated carbocycles. The lowest BCUT2D eigenvalue weighted by Gasteiger charge is -2.51. The van der Waals surface area contributed by atoms with Gasteiger partial charge in [-0.1, -0.05) is 13.8 Å². The zero-order valence-electron chi connectivity index (χ0n) is 13.3. The Labute approximate surface area is 117 Å². The number of hydroxylamine groups is 2. The summed E-state index contributed by atoms with van der Waals surface area (Å²) in [5, 5.41) is 14.9. The summed E-state index contributed by atoms with van der Waals surface area (Å²) in [5.74, 6) is 0.270. The third-order valence-electron chi connectivity index (χ3n) is 4.34. The Morgan fingerprint density at radius 2 is 1.63 bits per heavy atom. The summed E-state index contributed by atoms with van der Waals surface area (Å²) in [4.78, 5) is 12.2. The van der Waals surface area contributed by atoms with Crippen LogP contribution in [0.1, 0.15) is 67.2 Å². The quantitative estimate of drug-likeness (QED) is 0.826. The van der Waals surface area contributed by atoms with Crippen LogP contribution >= 0.6 is 0 Å². The van der Waals surface area contributed by atoms with Gasteiger partial charge in [-0.3, -0.25) is 4.79 Å². The summed E-state index contributed by atoms with van der Waals surface area (Å²) in [7, 11) is 0. The molecule has 0 aliphatic carbocycles. The maximum Gasteiger partial charge on any atom is 0.223 e. The molecular formula is C15H30N2O2. The minimum absolute atomic E-state index is 0.110. The van der Waals surface area contributed by atoms with Crippen LogP contribution in [0.25, 0.3) is 0 Å². The first-order valence-electron chi connectivity index (χ1n) is 7.43. The predicted octanol–water partition coefficient (Wildman–Crippen LogP) is 2.95. The first-order valence-corrected chi connectivity index (χ1v) is 7.43. The summed E-state index contributed by atoms with van der Waals surface area (Å²) < 4.78 is 0. The second-order valence-corrected chi connectivity index (χ2v) is 7.06. The molecule has 1 aliphatic heterocycles. The van der Waals surface area contributed by atoms with E-state index in [-0.39, 0.29) is 28.9 Å². The summed E-state index contributed by atoms with van der Waals surface area (Å²) >= 11 is 0. The number of nitrogens with zero attached hydrogens (tertiary/aromatic N) is 1. The van der Waals surface area contributed by atoms with Gasteiger partial charge in [-0.25, -0.2) is 0 Å². The molecule has 0 aromatic rings. The van der Waals surface area contributed by atoms with Gasteiger partial charge in [-0.15, -0.1) is 0 Å². The largest absolute Gasteiger partial charge is 0.353 e. The molecule has 1 heterocycles. The van der Waals surface area contributed by atoms with Gasteiger partial charge in [0.2, 0.25) is 5.91 Å². The minimum Gasteiger partial charge on any atom is -0.353 e. The van der Waals surface area contributed by atoms with Crippen LogP contribution in [0.15, 0.2) is 0 Å². The lowest BCUT2D eigenvalue weighted by Crippen LogP contribution is -2.63. The van der Waals surface area contributed by atoms with Crippen molar-refractivity contribution in [2.75, 3.05) is 0 Å². The molecule has 1 aliphatic rings. The number of piperidine rings is 1. The van der Waals surface area contributed by atoms with Gasteiger partial charge >= 0.3 is 0 Å². The molecule has 0 radical (unpaired) electrons. The molecule has 0 unspecified atom stereocenters. The predicted molar refractivity (Wildman–Crippen MR) is 77.0 cm³/mol. The van der Waals surface area contributed by atoms with Gasteiger partial charge in [0.1, 0.15) is 0 Å². The fourth-order valence-corrected chi connectivity index (χ4v) is 3.35. The monoisotopic (exact) mass is 270 g/mol. The highest BCUT2D eigenvalue weighted by atomic mass is 16.5. The van der Waals surface area contributed by atoms with Gasteiger partial charge in [0, 0.05) is 23.0 Å². The summed E-state index contributed by atoms with van der Waals surface area (Å²) in [6, 6.07) is 0.140. The van der Waals surface area contributed by atoms with E-state index in [1.807, 2.05) is 27.7 Å². The van der Waals surface area contributed by atoms with Crippen LogP contribution in [0.5, 0.6) is 0 Å². The van der Waals surface area contributed by atoms with Gasteiger partial charge < -0.3 is 10.5 Å². The minimum atomic E-state index is -0.312. The molecule has 0 atom stereocenters. The third-order valence-corrected chi connectivity index (χ3v) is 4.34. The molecule has 0 bridgehead atoms. The van der Waals surface area contributed by atoms with Crippen molar-refractivity contribution in [1.82, 2.24) is 10.4 Å². The van der Waals surface area contributed by atoms with Crippen molar-refractivity contribution in [1.29, 1.82) is 0 Å². The molecule has 1 amide bonds. The normalized spacial score (nSPS) is 23.6. The second kappa shape index (κ2) is 5.80. The van der Waals surface area contributed by atoms with Gasteiger partial charge in [0.05, 0.1) is 0 Å². The van der Waals surface area contributed by atoms with E-state index in [1.54, 1.807) is 0 Å². The molecule has 4 heteroatoms. The van der Waals surface area contributed by atoms with E-state index in [9.17, 15) is 10.0 Å². The van der Waals surface area contributed by atoms with E-state index in [0.29, 0.717) is 0 Å². The molecule has 0 spiro atoms. The highest BCUT2D eigenvalue weighted by molar-refractivity contribution is 5.78. The van der Waals surface area contributed by atoms with Crippen LogP contribution in [-0.2, 0) is 4.79 Å². The van der Waals surface area contributed by atoms with E-state index in [0.717, 1.165) is 25.7 Å². The Hall–Kier alpha value is -0.610. The number of carbonyl (C=O) groups is 1. The maximum absolute atomic E-state index is 12.2. The Morgan fingerprint density at radius 1 is 1.21 bits per heavy atom. The fourth-order valence-electron chi connectivity index (χ4n) is 3.35. The van der Waals surface area contributed by atoms with Crippen molar-refractivity contribution in [2.24, 2.45) is 5.92 Å². The molecule has 1 saturated heterocycles. The van der Waals surface area contributed by atoms with Gasteiger partial charge in [-0.05, 0) is 53.4 Å². The number of rotatable bonds is 4. The van der Waals surface area contributed by atoms with E-state index >= 15 is 0 Å². The van der Waals surface area contributed by atoms with E-state index in [2.05, 4.69) is 19.2 Å². The van der Waals surface area contributed by atoms with Crippen LogP contribution in [0, 0.1) is 5.92 Å². The average Bonchev–Trinajstić information content (AvgIpc) is 2.26. The topological polar surface area (TPSA) is 52.6 Å². The van der Waals surface area contributed by atoms with Crippen LogP contribution in [-0.4, -0.2) is 33.3 Å². The first-order chi connectivity index (χ1) is 8.64. The Balaban J connectivity index is 2.73. The number of amides is 1. The van der Waals surface area contributed by atoms with E-state index < -0.39 is 0 Å². The Bertz CT molecular complexity index is 304. The molecule has 4 nitrogen and oxygen atoms in total. The third kappa shape index (κ3) is 3.69. The summed E-state index contributed by atoms with van der Waals surface area (Å²) in [6.07, 6.45) is 3.32. The number of nitrogens with one attached hydrogen (secondary N) is 1. The molecule has 1 rings (SSSR count). The number of hydrogen-bond donors (Lipinski definition) is 2. The van der Waals surface area contributed by atoms with Crippen LogP contribution in [0.4, 0.5) is 0 Å². The van der Waals surface area contributed by atoms with Crippen molar-refractivity contribution >= 4 is 5.91 Å². The molecule has 0 aromatic carbocycles. The van der Waals surface area contributed by atoms with Crippen molar-refractivity contribution in [3.8, 4) is 0 Å². The highest BCUT2D eigenvalue weighted by Gasteiger charge is 2.45. The fraction of sp³-hybridized carbons (Fsp3) is 0.933. The number of hydrogen-bond acceptors (Lipinski definition) is 3. The zero-order valence-corrected chi connectivity index (χ0v) is 13.3. The molecule has 0 aromatic heterocycles.